The molecule has 1 aliphatic heterocycles. The molecular formula is C18H19N2O3S2Y-. The number of nitrogens with zero attached hydrogens (tertiary/aromatic N) is 1. The van der Waals surface area contributed by atoms with Gasteiger partial charge in [0.2, 0.25) is 0 Å². The van der Waals surface area contributed by atoms with Gasteiger partial charge in [0.1, 0.15) is 5.75 Å². The molecule has 2 aromatic carbocycles. The summed E-state index contributed by atoms with van der Waals surface area (Å²) < 4.78 is 11.1. The number of rotatable bonds is 7. The van der Waals surface area contributed by atoms with Gasteiger partial charge in [-0.1, -0.05) is 18.2 Å². The molecule has 0 unspecified atom stereocenters. The van der Waals surface area contributed by atoms with Gasteiger partial charge in [0.15, 0.2) is 5.75 Å². The minimum absolute atomic E-state index is 0. The van der Waals surface area contributed by atoms with Gasteiger partial charge in [-0.2, -0.15) is 11.5 Å². The van der Waals surface area contributed by atoms with Crippen LogP contribution in [0.25, 0.3) is 0 Å². The maximum Gasteiger partial charge on any atom is 0.163 e. The number of ether oxygens (including phenoxy) is 1. The predicted octanol–water partition coefficient (Wildman–Crippen LogP) is 4.46. The van der Waals surface area contributed by atoms with Gasteiger partial charge in [-0.15, -0.1) is 38.5 Å². The molecule has 2 aromatic rings. The molecule has 3 rings (SSSR count). The standard InChI is InChI=1S/C18H19N2O3S2.Y/c1-13(24)14-11-16(20-9-5-6-10-20)18(17(12-14)25-23-22-19)21-15-7-3-2-4-8-15;/h2-4,7-8,11-12H,1,5-6,9-10,19H2;/q-1;. The molecule has 0 bridgehead atoms. The molecule has 0 amide bonds. The number of para-hydroxylation sites is 1. The zero-order chi connectivity index (χ0) is 17.6. The van der Waals surface area contributed by atoms with Crippen LogP contribution in [0.5, 0.6) is 11.5 Å². The summed E-state index contributed by atoms with van der Waals surface area (Å²) in [5, 5.41) is 0. The Balaban J connectivity index is 0.00000243. The van der Waals surface area contributed by atoms with Crippen molar-refractivity contribution in [1.29, 1.82) is 0 Å². The third-order valence-electron chi connectivity index (χ3n) is 3.93. The molecule has 0 aliphatic carbocycles. The smallest absolute Gasteiger partial charge is 0.163 e. The summed E-state index contributed by atoms with van der Waals surface area (Å²) in [6, 6.07) is 13.5. The SMILES string of the molecule is [CH2-]C(=S)c1cc(SOON)c(Oc2ccccc2)c(N2CCCC2)c1.[Y]. The van der Waals surface area contributed by atoms with Gasteiger partial charge in [-0.25, -0.2) is 6.92 Å². The zero-order valence-corrected chi connectivity index (χ0v) is 18.7. The third kappa shape index (κ3) is 5.42. The second-order valence-corrected chi connectivity index (χ2v) is 6.84. The number of anilines is 1. The number of hydrogen-bond acceptors (Lipinski definition) is 7. The van der Waals surface area contributed by atoms with Crippen molar-refractivity contribution >= 4 is 34.8 Å². The first-order valence-corrected chi connectivity index (χ1v) is 9.06. The van der Waals surface area contributed by atoms with Crippen LogP contribution in [-0.2, 0) is 42.0 Å². The van der Waals surface area contributed by atoms with Gasteiger partial charge in [0, 0.05) is 45.8 Å². The molecule has 0 spiro atoms. The van der Waals surface area contributed by atoms with Crippen LogP contribution < -0.4 is 15.5 Å². The molecule has 1 heterocycles. The Labute approximate surface area is 188 Å². The van der Waals surface area contributed by atoms with Crippen LogP contribution in [0.1, 0.15) is 18.4 Å². The minimum atomic E-state index is 0. The van der Waals surface area contributed by atoms with Gasteiger partial charge in [-0.05, 0) is 25.0 Å². The van der Waals surface area contributed by atoms with Crippen molar-refractivity contribution in [3.05, 3.63) is 55.0 Å². The second-order valence-electron chi connectivity index (χ2n) is 5.60. The molecule has 0 atom stereocenters. The average Bonchev–Trinajstić information content (AvgIpc) is 3.15. The van der Waals surface area contributed by atoms with Crippen molar-refractivity contribution in [1.82, 2.24) is 0 Å². The van der Waals surface area contributed by atoms with Crippen LogP contribution >= 0.6 is 24.3 Å². The van der Waals surface area contributed by atoms with Crippen LogP contribution in [0, 0.1) is 6.92 Å². The van der Waals surface area contributed by atoms with E-state index < -0.39 is 0 Å². The summed E-state index contributed by atoms with van der Waals surface area (Å²) in [5.41, 5.74) is 1.81. The van der Waals surface area contributed by atoms with E-state index in [1.807, 2.05) is 42.5 Å². The summed E-state index contributed by atoms with van der Waals surface area (Å²) in [5.74, 6) is 6.43. The van der Waals surface area contributed by atoms with Gasteiger partial charge in [0.25, 0.3) is 0 Å². The van der Waals surface area contributed by atoms with E-state index in [1.165, 1.54) is 0 Å². The molecule has 1 fully saturated rings. The van der Waals surface area contributed by atoms with Crippen LogP contribution in [0.2, 0.25) is 0 Å². The van der Waals surface area contributed by atoms with E-state index >= 15 is 0 Å². The third-order valence-corrected chi connectivity index (χ3v) is 4.80. The van der Waals surface area contributed by atoms with Crippen molar-refractivity contribution in [3.63, 3.8) is 0 Å². The Bertz CT molecular complexity index is 741. The Morgan fingerprint density at radius 3 is 2.46 bits per heavy atom. The second kappa shape index (κ2) is 10.6. The van der Waals surface area contributed by atoms with Crippen molar-refractivity contribution in [3.8, 4) is 11.5 Å². The Kier molecular flexibility index (Phi) is 8.83. The van der Waals surface area contributed by atoms with Crippen LogP contribution in [0.3, 0.4) is 0 Å². The topological polar surface area (TPSA) is 57.0 Å². The van der Waals surface area contributed by atoms with Gasteiger partial charge in [-0.3, -0.25) is 0 Å². The van der Waals surface area contributed by atoms with E-state index in [-0.39, 0.29) is 32.7 Å². The van der Waals surface area contributed by atoms with Crippen LogP contribution in [0.15, 0.2) is 47.4 Å². The van der Waals surface area contributed by atoms with Crippen molar-refractivity contribution in [2.45, 2.75) is 17.7 Å². The Morgan fingerprint density at radius 2 is 1.85 bits per heavy atom. The fraction of sp³-hybridized carbons (Fsp3) is 0.222. The molecular weight excluding hydrogens is 445 g/mol. The molecule has 135 valence electrons. The van der Waals surface area contributed by atoms with E-state index in [2.05, 4.69) is 16.8 Å². The molecule has 1 aliphatic rings. The number of nitrogens with two attached hydrogens (primary N) is 1. The molecule has 0 saturated carbocycles. The van der Waals surface area contributed by atoms with E-state index in [4.69, 9.17) is 27.2 Å². The number of benzene rings is 2. The minimum Gasteiger partial charge on any atom is -0.454 e. The van der Waals surface area contributed by atoms with E-state index in [0.29, 0.717) is 10.6 Å². The van der Waals surface area contributed by atoms with Crippen LogP contribution in [0.4, 0.5) is 5.69 Å². The summed E-state index contributed by atoms with van der Waals surface area (Å²) >= 11 is 6.25. The van der Waals surface area contributed by atoms with E-state index in [9.17, 15) is 0 Å². The monoisotopic (exact) mass is 464 g/mol. The molecule has 8 heteroatoms. The largest absolute Gasteiger partial charge is 0.454 e. The average molecular weight is 464 g/mol. The van der Waals surface area contributed by atoms with Crippen LogP contribution in [-0.4, -0.2) is 18.0 Å². The first-order valence-electron chi connectivity index (χ1n) is 7.91. The molecule has 26 heavy (non-hydrogen) atoms. The maximum atomic E-state index is 6.18. The van der Waals surface area contributed by atoms with Crippen molar-refractivity contribution in [2.24, 2.45) is 5.90 Å². The molecule has 5 nitrogen and oxygen atoms in total. The summed E-state index contributed by atoms with van der Waals surface area (Å²) in [6.07, 6.45) is 2.30. The number of thiocarbonyl (C=S) groups is 1. The zero-order valence-electron chi connectivity index (χ0n) is 14.2. The quantitative estimate of drug-likeness (QED) is 0.162. The Hall–Kier alpha value is -0.666. The Morgan fingerprint density at radius 1 is 1.15 bits per heavy atom. The molecule has 1 radical (unpaired) electrons. The maximum absolute atomic E-state index is 6.18. The van der Waals surface area contributed by atoms with E-state index in [1.54, 1.807) is 0 Å². The van der Waals surface area contributed by atoms with Crippen molar-refractivity contribution < 1.29 is 46.8 Å². The van der Waals surface area contributed by atoms with Gasteiger partial charge >= 0.3 is 0 Å². The normalized spacial score (nSPS) is 13.3. The summed E-state index contributed by atoms with van der Waals surface area (Å²) in [6.45, 7) is 5.82. The molecule has 2 N–H and O–H groups in total. The van der Waals surface area contributed by atoms with E-state index in [0.717, 1.165) is 59.9 Å². The fourth-order valence-corrected chi connectivity index (χ4v) is 3.40. The molecule has 1 saturated heterocycles. The van der Waals surface area contributed by atoms with Crippen molar-refractivity contribution in [2.75, 3.05) is 18.0 Å². The number of hydrogen-bond donors (Lipinski definition) is 1. The van der Waals surface area contributed by atoms with Gasteiger partial charge < -0.3 is 9.64 Å². The first kappa shape index (κ1) is 21.6. The first-order chi connectivity index (χ1) is 12.2. The summed E-state index contributed by atoms with van der Waals surface area (Å²) in [4.78, 5) is 7.83. The predicted molar refractivity (Wildman–Crippen MR) is 104 cm³/mol. The fourth-order valence-electron chi connectivity index (χ4n) is 2.77. The molecule has 0 aromatic heterocycles. The summed E-state index contributed by atoms with van der Waals surface area (Å²) in [7, 11) is 0. The van der Waals surface area contributed by atoms with Gasteiger partial charge in [0.05, 0.1) is 22.6 Å².